The van der Waals surface area contributed by atoms with Crippen molar-refractivity contribution in [2.45, 2.75) is 31.8 Å². The molecule has 1 aliphatic rings. The average molecular weight is 520 g/mol. The number of rotatable bonds is 6. The van der Waals surface area contributed by atoms with Gasteiger partial charge in [-0.25, -0.2) is 8.78 Å². The van der Waals surface area contributed by atoms with Crippen LogP contribution in [0.1, 0.15) is 24.0 Å². The molecule has 0 spiro atoms. The van der Waals surface area contributed by atoms with Crippen molar-refractivity contribution in [2.24, 2.45) is 4.99 Å². The first-order valence-electron chi connectivity index (χ1n) is 9.28. The number of hydrogen-bond acceptors (Lipinski definition) is 3. The molecule has 0 atom stereocenters. The smallest absolute Gasteiger partial charge is 0.191 e. The van der Waals surface area contributed by atoms with E-state index in [1.54, 1.807) is 18.4 Å². The van der Waals surface area contributed by atoms with Gasteiger partial charge in [-0.3, -0.25) is 9.89 Å². The number of nitrogens with one attached hydrogen (secondary N) is 2. The van der Waals surface area contributed by atoms with Crippen molar-refractivity contribution < 1.29 is 8.78 Å². The van der Waals surface area contributed by atoms with Crippen molar-refractivity contribution in [2.75, 3.05) is 26.7 Å². The lowest BCUT2D eigenvalue weighted by molar-refractivity contribution is 0.198. The fraction of sp³-hybridized carbons (Fsp3) is 0.450. The highest BCUT2D eigenvalue weighted by molar-refractivity contribution is 14.0. The van der Waals surface area contributed by atoms with E-state index in [0.717, 1.165) is 38.5 Å². The largest absolute Gasteiger partial charge is 0.356 e. The van der Waals surface area contributed by atoms with Gasteiger partial charge in [0.15, 0.2) is 5.96 Å². The number of benzene rings is 1. The number of nitrogens with zero attached hydrogens (tertiary/aromatic N) is 2. The van der Waals surface area contributed by atoms with E-state index in [2.05, 4.69) is 37.4 Å². The molecule has 28 heavy (non-hydrogen) atoms. The van der Waals surface area contributed by atoms with Crippen LogP contribution in [0.4, 0.5) is 8.78 Å². The first-order valence-corrected chi connectivity index (χ1v) is 10.2. The van der Waals surface area contributed by atoms with E-state index in [1.165, 1.54) is 17.7 Å². The quantitative estimate of drug-likeness (QED) is 0.344. The van der Waals surface area contributed by atoms with Crippen molar-refractivity contribution in [3.05, 3.63) is 57.8 Å². The number of piperidine rings is 1. The summed E-state index contributed by atoms with van der Waals surface area (Å²) in [4.78, 5) is 6.72. The number of thiophene rings is 1. The molecule has 1 aromatic heterocycles. The molecular weight excluding hydrogens is 493 g/mol. The lowest BCUT2D eigenvalue weighted by atomic mass is 10.0. The molecule has 1 aliphatic heterocycles. The van der Waals surface area contributed by atoms with Crippen LogP contribution < -0.4 is 10.6 Å². The number of hydrogen-bond donors (Lipinski definition) is 2. The second kappa shape index (κ2) is 11.7. The highest BCUT2D eigenvalue weighted by Gasteiger charge is 2.20. The van der Waals surface area contributed by atoms with Crippen LogP contribution >= 0.6 is 35.3 Å². The molecule has 1 aromatic carbocycles. The van der Waals surface area contributed by atoms with Gasteiger partial charge in [0.05, 0.1) is 0 Å². The molecule has 4 nitrogen and oxygen atoms in total. The number of guanidine groups is 1. The maximum Gasteiger partial charge on any atom is 0.191 e. The van der Waals surface area contributed by atoms with Gasteiger partial charge < -0.3 is 10.6 Å². The van der Waals surface area contributed by atoms with E-state index in [0.29, 0.717) is 30.5 Å². The van der Waals surface area contributed by atoms with Gasteiger partial charge in [-0.1, -0.05) is 0 Å². The van der Waals surface area contributed by atoms with Crippen molar-refractivity contribution >= 4 is 41.3 Å². The first-order chi connectivity index (χ1) is 13.1. The third kappa shape index (κ3) is 6.97. The van der Waals surface area contributed by atoms with Crippen LogP contribution in [0.3, 0.4) is 0 Å². The van der Waals surface area contributed by atoms with Gasteiger partial charge >= 0.3 is 0 Å². The molecule has 154 valence electrons. The second-order valence-corrected chi connectivity index (χ2v) is 7.59. The summed E-state index contributed by atoms with van der Waals surface area (Å²) in [7, 11) is 1.73. The Bertz CT molecular complexity index is 747. The standard InChI is InChI=1S/C20H26F2N4S.HI/c1-23-20(24-8-4-16-12-17(21)2-3-19(16)22)25-18-5-9-26(10-6-18)13-15-7-11-27-14-15;/h2-3,7,11-12,14,18H,4-6,8-10,13H2,1H3,(H2,23,24,25);1H. The highest BCUT2D eigenvalue weighted by atomic mass is 127. The number of likely N-dealkylation sites (tertiary alicyclic amines) is 1. The Labute approximate surface area is 186 Å². The molecule has 0 unspecified atom stereocenters. The van der Waals surface area contributed by atoms with Crippen LogP contribution in [-0.2, 0) is 13.0 Å². The molecule has 2 heterocycles. The predicted molar refractivity (Wildman–Crippen MR) is 123 cm³/mol. The third-order valence-corrected chi connectivity index (χ3v) is 5.56. The molecule has 1 fully saturated rings. The summed E-state index contributed by atoms with van der Waals surface area (Å²) in [5.74, 6) is -0.0784. The number of aliphatic imine (C=N–C) groups is 1. The average Bonchev–Trinajstić information content (AvgIpc) is 3.18. The molecular formula is C20H27F2IN4S. The molecule has 0 bridgehead atoms. The summed E-state index contributed by atoms with van der Waals surface area (Å²) in [6.45, 7) is 3.62. The molecule has 2 N–H and O–H groups in total. The Hall–Kier alpha value is -1.26. The Balaban J connectivity index is 0.00000280. The lowest BCUT2D eigenvalue weighted by Gasteiger charge is -2.33. The van der Waals surface area contributed by atoms with Crippen LogP contribution in [0.5, 0.6) is 0 Å². The van der Waals surface area contributed by atoms with Crippen molar-refractivity contribution in [1.82, 2.24) is 15.5 Å². The summed E-state index contributed by atoms with van der Waals surface area (Å²) in [5, 5.41) is 11.0. The lowest BCUT2D eigenvalue weighted by Crippen LogP contribution is -2.48. The summed E-state index contributed by atoms with van der Waals surface area (Å²) in [6, 6.07) is 6.11. The van der Waals surface area contributed by atoms with Gasteiger partial charge in [-0.05, 0) is 65.4 Å². The van der Waals surface area contributed by atoms with Gasteiger partial charge in [-0.15, -0.1) is 24.0 Å². The van der Waals surface area contributed by atoms with E-state index >= 15 is 0 Å². The van der Waals surface area contributed by atoms with Gasteiger partial charge in [0.1, 0.15) is 11.6 Å². The highest BCUT2D eigenvalue weighted by Crippen LogP contribution is 2.15. The minimum Gasteiger partial charge on any atom is -0.356 e. The van der Waals surface area contributed by atoms with Crippen LogP contribution in [0.25, 0.3) is 0 Å². The zero-order valence-electron chi connectivity index (χ0n) is 16.0. The van der Waals surface area contributed by atoms with Crippen LogP contribution in [0.2, 0.25) is 0 Å². The molecule has 0 radical (unpaired) electrons. The van der Waals surface area contributed by atoms with Gasteiger partial charge in [-0.2, -0.15) is 11.3 Å². The Morgan fingerprint density at radius 2 is 2.04 bits per heavy atom. The summed E-state index contributed by atoms with van der Waals surface area (Å²) < 4.78 is 26.9. The zero-order chi connectivity index (χ0) is 19.1. The Morgan fingerprint density at radius 3 is 2.71 bits per heavy atom. The minimum atomic E-state index is -0.414. The maximum atomic E-state index is 13.7. The summed E-state index contributed by atoms with van der Waals surface area (Å²) in [6.07, 6.45) is 2.52. The maximum absolute atomic E-state index is 13.7. The van der Waals surface area contributed by atoms with Crippen molar-refractivity contribution in [1.29, 1.82) is 0 Å². The van der Waals surface area contributed by atoms with E-state index in [9.17, 15) is 8.78 Å². The van der Waals surface area contributed by atoms with Crippen LogP contribution in [-0.4, -0.2) is 43.6 Å². The van der Waals surface area contributed by atoms with Gasteiger partial charge in [0.25, 0.3) is 0 Å². The van der Waals surface area contributed by atoms with Crippen LogP contribution in [0, 0.1) is 11.6 Å². The summed E-state index contributed by atoms with van der Waals surface area (Å²) in [5.41, 5.74) is 1.76. The van der Waals surface area contributed by atoms with Crippen LogP contribution in [0.15, 0.2) is 40.0 Å². The topological polar surface area (TPSA) is 39.7 Å². The fourth-order valence-corrected chi connectivity index (χ4v) is 3.97. The predicted octanol–water partition coefficient (Wildman–Crippen LogP) is 4.02. The van der Waals surface area contributed by atoms with E-state index in [4.69, 9.17) is 0 Å². The van der Waals surface area contributed by atoms with Crippen molar-refractivity contribution in [3.63, 3.8) is 0 Å². The molecule has 3 rings (SSSR count). The minimum absolute atomic E-state index is 0. The van der Waals surface area contributed by atoms with E-state index in [1.807, 2.05) is 0 Å². The fourth-order valence-electron chi connectivity index (χ4n) is 3.31. The normalized spacial score (nSPS) is 15.9. The monoisotopic (exact) mass is 520 g/mol. The Kier molecular flexibility index (Phi) is 9.60. The number of halogens is 3. The Morgan fingerprint density at radius 1 is 1.25 bits per heavy atom. The molecule has 2 aromatic rings. The van der Waals surface area contributed by atoms with E-state index in [-0.39, 0.29) is 29.8 Å². The third-order valence-electron chi connectivity index (χ3n) is 4.83. The molecule has 8 heteroatoms. The molecule has 0 saturated carbocycles. The molecule has 0 aliphatic carbocycles. The zero-order valence-corrected chi connectivity index (χ0v) is 19.1. The SMILES string of the molecule is CN=C(NCCc1cc(F)ccc1F)NC1CCN(Cc2ccsc2)CC1.I. The summed E-state index contributed by atoms with van der Waals surface area (Å²) >= 11 is 1.74. The molecule has 1 saturated heterocycles. The van der Waals surface area contributed by atoms with E-state index < -0.39 is 5.82 Å². The van der Waals surface area contributed by atoms with Gasteiger partial charge in [0, 0.05) is 39.3 Å². The van der Waals surface area contributed by atoms with Gasteiger partial charge in [0.2, 0.25) is 0 Å². The molecule has 0 amide bonds. The second-order valence-electron chi connectivity index (χ2n) is 6.81. The van der Waals surface area contributed by atoms with Crippen molar-refractivity contribution in [3.8, 4) is 0 Å². The first kappa shape index (κ1) is 23.0.